The van der Waals surface area contributed by atoms with Crippen LogP contribution in [-0.4, -0.2) is 86.2 Å². The van der Waals surface area contributed by atoms with Gasteiger partial charge in [0.05, 0.1) is 17.8 Å². The SMILES string of the molecule is C#CC[C@H](C)C(=O)NC[C@@H](O)CCC(C)C.CC1CCCCC1.CCN(CC)CCN(C)S(=O)(=O)C[C@@H](Cc1ccccc1)C(N)=O. The lowest BCUT2D eigenvalue weighted by molar-refractivity contribution is -0.125. The molecule has 1 saturated carbocycles. The van der Waals surface area contributed by atoms with Crippen LogP contribution in [0.5, 0.6) is 0 Å². The number of benzene rings is 1. The van der Waals surface area contributed by atoms with Crippen molar-refractivity contribution in [1.29, 1.82) is 0 Å². The van der Waals surface area contributed by atoms with E-state index < -0.39 is 28.0 Å². The first-order valence-corrected chi connectivity index (χ1v) is 19.2. The Morgan fingerprint density at radius 1 is 1.04 bits per heavy atom. The van der Waals surface area contributed by atoms with Gasteiger partial charge in [-0.2, -0.15) is 0 Å². The van der Waals surface area contributed by atoms with Crippen molar-refractivity contribution in [2.45, 2.75) is 105 Å². The van der Waals surface area contributed by atoms with Crippen molar-refractivity contribution in [3.63, 3.8) is 0 Å². The molecule has 4 N–H and O–H groups in total. The molecule has 2 amide bonds. The van der Waals surface area contributed by atoms with E-state index in [2.05, 4.69) is 36.9 Å². The number of hydrogen-bond donors (Lipinski definition) is 3. The molecule has 47 heavy (non-hydrogen) atoms. The zero-order chi connectivity index (χ0) is 35.8. The molecule has 1 aliphatic rings. The summed E-state index contributed by atoms with van der Waals surface area (Å²) in [5.74, 6) is 2.23. The summed E-state index contributed by atoms with van der Waals surface area (Å²) in [6, 6.07) is 9.33. The zero-order valence-electron chi connectivity index (χ0n) is 30.4. The number of amides is 2. The third kappa shape index (κ3) is 21.9. The molecular formula is C37H66N4O5S. The molecule has 0 unspecified atom stereocenters. The van der Waals surface area contributed by atoms with Crippen LogP contribution in [0, 0.1) is 36.0 Å². The summed E-state index contributed by atoms with van der Waals surface area (Å²) in [4.78, 5) is 25.3. The predicted molar refractivity (Wildman–Crippen MR) is 195 cm³/mol. The van der Waals surface area contributed by atoms with E-state index in [4.69, 9.17) is 12.2 Å². The molecule has 1 aromatic rings. The molecule has 2 rings (SSSR count). The zero-order valence-corrected chi connectivity index (χ0v) is 31.2. The van der Waals surface area contributed by atoms with Crippen LogP contribution in [0.3, 0.4) is 0 Å². The Balaban J connectivity index is 0.000000783. The molecule has 270 valence electrons. The number of sulfonamides is 1. The van der Waals surface area contributed by atoms with Gasteiger partial charge in [0.25, 0.3) is 0 Å². The summed E-state index contributed by atoms with van der Waals surface area (Å²) in [5, 5.41) is 12.3. The second-order valence-electron chi connectivity index (χ2n) is 13.3. The van der Waals surface area contributed by atoms with Gasteiger partial charge >= 0.3 is 0 Å². The molecule has 1 aromatic carbocycles. The van der Waals surface area contributed by atoms with E-state index in [1.807, 2.05) is 44.2 Å². The number of terminal acetylenes is 1. The maximum absolute atomic E-state index is 12.5. The molecule has 0 saturated heterocycles. The van der Waals surface area contributed by atoms with E-state index in [0.29, 0.717) is 38.4 Å². The summed E-state index contributed by atoms with van der Waals surface area (Å²) in [7, 11) is -1.98. The number of nitrogens with two attached hydrogens (primary N) is 1. The van der Waals surface area contributed by atoms with Crippen molar-refractivity contribution in [3.05, 3.63) is 35.9 Å². The van der Waals surface area contributed by atoms with E-state index in [1.165, 1.54) is 36.4 Å². The lowest BCUT2D eigenvalue weighted by atomic mass is 9.91. The first kappa shape index (κ1) is 44.5. The van der Waals surface area contributed by atoms with Gasteiger partial charge in [0, 0.05) is 39.0 Å². The highest BCUT2D eigenvalue weighted by molar-refractivity contribution is 7.89. The van der Waals surface area contributed by atoms with E-state index in [0.717, 1.165) is 37.4 Å². The summed E-state index contributed by atoms with van der Waals surface area (Å²) >= 11 is 0. The van der Waals surface area contributed by atoms with Gasteiger partial charge in [-0.15, -0.1) is 12.3 Å². The Kier molecular flexibility index (Phi) is 24.2. The fourth-order valence-electron chi connectivity index (χ4n) is 5.08. The van der Waals surface area contributed by atoms with Gasteiger partial charge in [-0.1, -0.05) is 104 Å². The molecule has 10 heteroatoms. The quantitative estimate of drug-likeness (QED) is 0.186. The number of aliphatic hydroxyl groups excluding tert-OH is 1. The number of likely N-dealkylation sites (N-methyl/N-ethyl adjacent to an activating group) is 2. The molecule has 0 bridgehead atoms. The molecule has 9 nitrogen and oxygen atoms in total. The molecule has 0 aromatic heterocycles. The lowest BCUT2D eigenvalue weighted by Gasteiger charge is -2.24. The van der Waals surface area contributed by atoms with Crippen LogP contribution in [0.1, 0.15) is 98.5 Å². The minimum absolute atomic E-state index is 0.0819. The fourth-order valence-corrected chi connectivity index (χ4v) is 6.48. The second-order valence-corrected chi connectivity index (χ2v) is 15.5. The van der Waals surface area contributed by atoms with Gasteiger partial charge in [0.15, 0.2) is 0 Å². The van der Waals surface area contributed by atoms with Crippen molar-refractivity contribution in [3.8, 4) is 12.3 Å². The minimum Gasteiger partial charge on any atom is -0.391 e. The lowest BCUT2D eigenvalue weighted by Crippen LogP contribution is -2.41. The van der Waals surface area contributed by atoms with E-state index in [1.54, 1.807) is 14.0 Å². The molecule has 0 heterocycles. The minimum atomic E-state index is -3.53. The normalized spacial score (nSPS) is 15.4. The average Bonchev–Trinajstić information content (AvgIpc) is 3.04. The van der Waals surface area contributed by atoms with Crippen LogP contribution in [-0.2, 0) is 26.0 Å². The molecular weight excluding hydrogens is 612 g/mol. The van der Waals surface area contributed by atoms with Crippen LogP contribution in [0.2, 0.25) is 0 Å². The summed E-state index contributed by atoms with van der Waals surface area (Å²) in [6.07, 6.45) is 14.6. The maximum Gasteiger partial charge on any atom is 0.223 e. The molecule has 1 aliphatic carbocycles. The number of nitrogens with one attached hydrogen (secondary N) is 1. The van der Waals surface area contributed by atoms with Crippen LogP contribution in [0.25, 0.3) is 0 Å². The molecule has 3 atom stereocenters. The summed E-state index contributed by atoms with van der Waals surface area (Å²) in [6.45, 7) is 15.6. The number of hydrogen-bond acceptors (Lipinski definition) is 6. The summed E-state index contributed by atoms with van der Waals surface area (Å²) in [5.41, 5.74) is 6.33. The molecule has 0 radical (unpaired) electrons. The highest BCUT2D eigenvalue weighted by Gasteiger charge is 2.27. The van der Waals surface area contributed by atoms with Gasteiger partial charge in [-0.25, -0.2) is 12.7 Å². The van der Waals surface area contributed by atoms with E-state index in [-0.39, 0.29) is 17.6 Å². The first-order chi connectivity index (χ1) is 22.2. The van der Waals surface area contributed by atoms with Crippen LogP contribution >= 0.6 is 0 Å². The second kappa shape index (κ2) is 25.6. The standard InChI is InChI=1S/C17H29N3O3S.C13H23NO2.C7H14/c1-4-20(5-2)12-11-19(3)24(22,23)14-16(17(18)21)13-15-9-7-6-8-10-15;1-5-6-11(4)13(16)14-9-12(15)8-7-10(2)3;1-7-5-3-2-4-6-7/h6-10,16H,4-5,11-14H2,1-3H3,(H2,18,21);1,10-12,15H,6-9H2,2-4H3,(H,14,16);7H,2-6H2,1H3/t16-;11-,12-;/m10./s1. The van der Waals surface area contributed by atoms with Gasteiger partial charge in [0.1, 0.15) is 0 Å². The van der Waals surface area contributed by atoms with Gasteiger partial charge in [0.2, 0.25) is 21.8 Å². The smallest absolute Gasteiger partial charge is 0.223 e. The van der Waals surface area contributed by atoms with E-state index >= 15 is 0 Å². The van der Waals surface area contributed by atoms with E-state index in [9.17, 15) is 23.1 Å². The van der Waals surface area contributed by atoms with Gasteiger partial charge < -0.3 is 21.1 Å². The molecule has 0 aliphatic heterocycles. The maximum atomic E-state index is 12.5. The van der Waals surface area contributed by atoms with Gasteiger partial charge in [-0.05, 0) is 49.8 Å². The highest BCUT2D eigenvalue weighted by Crippen LogP contribution is 2.22. The Bertz CT molecular complexity index is 1110. The monoisotopic (exact) mass is 678 g/mol. The number of carbonyl (C=O) groups excluding carboxylic acids is 2. The average molecular weight is 679 g/mol. The number of nitrogens with zero attached hydrogens (tertiary/aromatic N) is 2. The number of primary amides is 1. The highest BCUT2D eigenvalue weighted by atomic mass is 32.2. The van der Waals surface area contributed by atoms with Crippen molar-refractivity contribution in [2.24, 2.45) is 29.4 Å². The van der Waals surface area contributed by atoms with Crippen LogP contribution < -0.4 is 11.1 Å². The van der Waals surface area contributed by atoms with Crippen LogP contribution in [0.15, 0.2) is 30.3 Å². The third-order valence-corrected chi connectivity index (χ3v) is 10.6. The van der Waals surface area contributed by atoms with Crippen molar-refractivity contribution in [1.82, 2.24) is 14.5 Å². The Morgan fingerprint density at radius 3 is 2.11 bits per heavy atom. The van der Waals surface area contributed by atoms with Gasteiger partial charge in [-0.3, -0.25) is 9.59 Å². The number of carbonyl (C=O) groups is 2. The van der Waals surface area contributed by atoms with Crippen molar-refractivity contribution < 1.29 is 23.1 Å². The Hall–Kier alpha value is -2.45. The largest absolute Gasteiger partial charge is 0.391 e. The van der Waals surface area contributed by atoms with Crippen molar-refractivity contribution in [2.75, 3.05) is 45.5 Å². The summed E-state index contributed by atoms with van der Waals surface area (Å²) < 4.78 is 26.4. The van der Waals surface area contributed by atoms with Crippen molar-refractivity contribution >= 4 is 21.8 Å². The fraction of sp³-hybridized carbons (Fsp3) is 0.730. The predicted octanol–water partition coefficient (Wildman–Crippen LogP) is 5.08. The van der Waals surface area contributed by atoms with Crippen LogP contribution in [0.4, 0.5) is 0 Å². The number of rotatable bonds is 18. The Labute approximate surface area is 287 Å². The Morgan fingerprint density at radius 2 is 1.64 bits per heavy atom. The first-order valence-electron chi connectivity index (χ1n) is 17.5. The number of aliphatic hydroxyl groups is 1. The molecule has 0 spiro atoms. The molecule has 1 fully saturated rings. The third-order valence-electron chi connectivity index (χ3n) is 8.59. The topological polar surface area (TPSA) is 133 Å².